The number of carboxylic acids is 1. The van der Waals surface area contributed by atoms with Crippen molar-refractivity contribution in [3.8, 4) is 21.7 Å². The third kappa shape index (κ3) is 6.38. The first-order chi connectivity index (χ1) is 21.4. The van der Waals surface area contributed by atoms with Crippen LogP contribution in [0.1, 0.15) is 56.8 Å². The number of benzene rings is 3. The number of rotatable bonds is 13. The molecule has 2 aromatic heterocycles. The molecule has 0 unspecified atom stereocenters. The predicted molar refractivity (Wildman–Crippen MR) is 178 cm³/mol. The van der Waals surface area contributed by atoms with Crippen molar-refractivity contribution in [3.63, 3.8) is 0 Å². The number of nitrogens with zero attached hydrogens (tertiary/aromatic N) is 3. The second kappa shape index (κ2) is 13.9. The van der Waals surface area contributed by atoms with Crippen LogP contribution in [0, 0.1) is 0 Å². The fourth-order valence-electron chi connectivity index (χ4n) is 5.57. The van der Waals surface area contributed by atoms with Gasteiger partial charge in [-0.25, -0.2) is 9.78 Å². The van der Waals surface area contributed by atoms with Gasteiger partial charge in [-0.05, 0) is 62.6 Å². The van der Waals surface area contributed by atoms with Crippen molar-refractivity contribution in [1.29, 1.82) is 0 Å². The van der Waals surface area contributed by atoms with Gasteiger partial charge in [-0.1, -0.05) is 43.7 Å². The van der Waals surface area contributed by atoms with Crippen LogP contribution in [0.5, 0.6) is 0 Å². The molecule has 1 N–H and O–H groups in total. The van der Waals surface area contributed by atoms with Crippen LogP contribution in [0.3, 0.4) is 0 Å². The molecule has 5 aromatic rings. The zero-order valence-electron chi connectivity index (χ0n) is 25.3. The lowest BCUT2D eigenvalue weighted by atomic mass is 9.92. The molecule has 0 fully saturated rings. The van der Waals surface area contributed by atoms with E-state index in [0.717, 1.165) is 41.8 Å². The smallest absolute Gasteiger partial charge is 0.347 e. The first-order valence-corrected chi connectivity index (χ1v) is 16.0. The quantitative estimate of drug-likeness (QED) is 0.136. The average Bonchev–Trinajstić information content (AvgIpc) is 3.46. The molecule has 0 aliphatic carbocycles. The number of aromatic nitrogens is 1. The highest BCUT2D eigenvalue weighted by Gasteiger charge is 2.26. The molecule has 0 aliphatic heterocycles. The monoisotopic (exact) mass is 611 g/mol. The number of unbranched alkanes of at least 4 members (excludes halogenated alkanes) is 1. The van der Waals surface area contributed by atoms with Crippen molar-refractivity contribution in [2.45, 2.75) is 46.5 Å². The van der Waals surface area contributed by atoms with Gasteiger partial charge in [0.25, 0.3) is 5.91 Å². The number of carboxylic acid groups (broad SMARTS) is 1. The molecule has 1 amide bonds. The van der Waals surface area contributed by atoms with Gasteiger partial charge in [-0.2, -0.15) is 0 Å². The second-order valence-electron chi connectivity index (χ2n) is 10.7. The summed E-state index contributed by atoms with van der Waals surface area (Å²) in [6.07, 6.45) is 2.03. The van der Waals surface area contributed by atoms with E-state index in [4.69, 9.17) is 9.40 Å². The Bertz CT molecular complexity index is 1820. The minimum Gasteiger partial charge on any atom is -0.481 e. The van der Waals surface area contributed by atoms with Crippen molar-refractivity contribution < 1.29 is 19.1 Å². The normalized spacial score (nSPS) is 11.2. The van der Waals surface area contributed by atoms with E-state index in [1.54, 1.807) is 11.0 Å². The summed E-state index contributed by atoms with van der Waals surface area (Å²) in [5, 5.41) is 10.4. The molecule has 0 radical (unpaired) electrons. The number of amides is 1. The van der Waals surface area contributed by atoms with E-state index in [1.165, 1.54) is 11.3 Å². The fourth-order valence-corrected chi connectivity index (χ4v) is 6.58. The maximum absolute atomic E-state index is 14.2. The van der Waals surface area contributed by atoms with Gasteiger partial charge in [0.05, 0.1) is 10.2 Å². The summed E-state index contributed by atoms with van der Waals surface area (Å²) in [5.41, 5.74) is 3.62. The highest BCUT2D eigenvalue weighted by molar-refractivity contribution is 7.21. The largest absolute Gasteiger partial charge is 0.481 e. The molecule has 9 heteroatoms. The number of thiazole rings is 1. The van der Waals surface area contributed by atoms with Gasteiger partial charge in [-0.3, -0.25) is 9.59 Å². The maximum Gasteiger partial charge on any atom is 0.347 e. The van der Waals surface area contributed by atoms with Crippen molar-refractivity contribution in [3.05, 3.63) is 82.7 Å². The molecule has 0 bridgehead atoms. The fraction of sp³-hybridized carbons (Fsp3) is 0.314. The molecule has 0 atom stereocenters. The number of hydrogen-bond donors (Lipinski definition) is 1. The van der Waals surface area contributed by atoms with E-state index in [-0.39, 0.29) is 12.3 Å². The van der Waals surface area contributed by atoms with Crippen LogP contribution in [0.2, 0.25) is 0 Å². The Morgan fingerprint density at radius 3 is 2.36 bits per heavy atom. The number of anilines is 1. The number of carbonyl (C=O) groups is 2. The summed E-state index contributed by atoms with van der Waals surface area (Å²) in [4.78, 5) is 48.1. The van der Waals surface area contributed by atoms with Crippen LogP contribution in [0.4, 0.5) is 5.69 Å². The Balaban J connectivity index is 1.74. The highest BCUT2D eigenvalue weighted by Crippen LogP contribution is 2.41. The molecule has 5 rings (SSSR count). The molecule has 2 heterocycles. The SMILES string of the molecule is CCCCN(CCCC(=O)O)C(=O)c1ccccc1-c1c(-c2nc3ccccc3s2)c(=O)oc2cc(N(CC)CC)ccc12. The predicted octanol–water partition coefficient (Wildman–Crippen LogP) is 7.69. The highest BCUT2D eigenvalue weighted by atomic mass is 32.1. The minimum atomic E-state index is -0.889. The van der Waals surface area contributed by atoms with Crippen molar-refractivity contribution in [2.75, 3.05) is 31.1 Å². The summed E-state index contributed by atoms with van der Waals surface area (Å²) < 4.78 is 6.94. The molecule has 0 spiro atoms. The second-order valence-corrected chi connectivity index (χ2v) is 11.7. The zero-order chi connectivity index (χ0) is 31.2. The van der Waals surface area contributed by atoms with E-state index in [0.29, 0.717) is 57.7 Å². The van der Waals surface area contributed by atoms with Gasteiger partial charge in [-0.15, -0.1) is 11.3 Å². The summed E-state index contributed by atoms with van der Waals surface area (Å²) in [7, 11) is 0. The summed E-state index contributed by atoms with van der Waals surface area (Å²) in [5.74, 6) is -1.09. The van der Waals surface area contributed by atoms with E-state index in [1.807, 2.05) is 60.7 Å². The van der Waals surface area contributed by atoms with Gasteiger partial charge < -0.3 is 19.3 Å². The Morgan fingerprint density at radius 2 is 1.64 bits per heavy atom. The van der Waals surface area contributed by atoms with Gasteiger partial charge in [0, 0.05) is 60.9 Å². The Hall–Kier alpha value is -4.50. The van der Waals surface area contributed by atoms with Crippen molar-refractivity contribution >= 4 is 50.1 Å². The third-order valence-corrected chi connectivity index (χ3v) is 8.90. The first kappa shape index (κ1) is 30.9. The van der Waals surface area contributed by atoms with Crippen molar-refractivity contribution in [1.82, 2.24) is 9.88 Å². The number of para-hydroxylation sites is 1. The van der Waals surface area contributed by atoms with Crippen LogP contribution >= 0.6 is 11.3 Å². The first-order valence-electron chi connectivity index (χ1n) is 15.2. The molecule has 0 saturated carbocycles. The van der Waals surface area contributed by atoms with Crippen LogP contribution < -0.4 is 10.5 Å². The van der Waals surface area contributed by atoms with E-state index in [2.05, 4.69) is 25.7 Å². The summed E-state index contributed by atoms with van der Waals surface area (Å²) >= 11 is 1.41. The molecule has 0 saturated heterocycles. The number of hydrogen-bond acceptors (Lipinski definition) is 7. The standard InChI is InChI=1S/C35H37N3O5S/c1-4-7-20-38(21-12-17-30(39)40)34(41)25-14-9-8-13-24(25)31-26-19-18-23(37(5-2)6-3)22-28(26)43-35(42)32(31)33-36-27-15-10-11-16-29(27)44-33/h8-11,13-16,18-19,22H,4-7,12,17,20-21H2,1-3H3,(H,39,40). The Kier molecular flexibility index (Phi) is 9.75. The lowest BCUT2D eigenvalue weighted by Gasteiger charge is -2.24. The minimum absolute atomic E-state index is 0.0153. The Labute approximate surface area is 260 Å². The summed E-state index contributed by atoms with van der Waals surface area (Å²) in [6, 6.07) is 20.9. The van der Waals surface area contributed by atoms with E-state index >= 15 is 0 Å². The van der Waals surface area contributed by atoms with Gasteiger partial charge >= 0.3 is 11.6 Å². The number of carbonyl (C=O) groups excluding carboxylic acids is 1. The van der Waals surface area contributed by atoms with Crippen LogP contribution in [-0.2, 0) is 4.79 Å². The van der Waals surface area contributed by atoms with Crippen LogP contribution in [0.15, 0.2) is 75.9 Å². The van der Waals surface area contributed by atoms with Crippen molar-refractivity contribution in [2.24, 2.45) is 0 Å². The average molecular weight is 612 g/mol. The molecular weight excluding hydrogens is 574 g/mol. The van der Waals surface area contributed by atoms with Crippen LogP contribution in [-0.4, -0.2) is 53.0 Å². The Morgan fingerprint density at radius 1 is 0.909 bits per heavy atom. The topological polar surface area (TPSA) is 104 Å². The molecule has 44 heavy (non-hydrogen) atoms. The summed E-state index contributed by atoms with van der Waals surface area (Å²) in [6.45, 7) is 8.65. The number of fused-ring (bicyclic) bond motifs is 2. The molecule has 8 nitrogen and oxygen atoms in total. The lowest BCUT2D eigenvalue weighted by Crippen LogP contribution is -2.33. The van der Waals surface area contributed by atoms with E-state index < -0.39 is 11.6 Å². The van der Waals surface area contributed by atoms with Gasteiger partial charge in [0.15, 0.2) is 0 Å². The molecule has 0 aliphatic rings. The molecule has 3 aromatic carbocycles. The maximum atomic E-state index is 14.2. The lowest BCUT2D eigenvalue weighted by molar-refractivity contribution is -0.137. The van der Waals surface area contributed by atoms with E-state index in [9.17, 15) is 19.5 Å². The van der Waals surface area contributed by atoms with Gasteiger partial charge in [0.1, 0.15) is 16.2 Å². The third-order valence-electron chi connectivity index (χ3n) is 7.84. The van der Waals surface area contributed by atoms with Gasteiger partial charge in [0.2, 0.25) is 0 Å². The molecular formula is C35H37N3O5S. The zero-order valence-corrected chi connectivity index (χ0v) is 26.2. The van der Waals surface area contributed by atoms with Crippen LogP contribution in [0.25, 0.3) is 42.9 Å². The number of aliphatic carboxylic acids is 1. The molecule has 228 valence electrons.